The molecule has 1 aromatic heterocycles. The fourth-order valence-corrected chi connectivity index (χ4v) is 4.30. The van der Waals surface area contributed by atoms with Crippen molar-refractivity contribution in [2.45, 2.75) is 34.2 Å². The smallest absolute Gasteiger partial charge is 0.348 e. The van der Waals surface area contributed by atoms with Gasteiger partial charge in [-0.2, -0.15) is 4.98 Å². The first-order valence-electron chi connectivity index (χ1n) is 9.49. The molecule has 1 aliphatic carbocycles. The highest BCUT2D eigenvalue weighted by atomic mass is 16.5. The van der Waals surface area contributed by atoms with Crippen LogP contribution in [0.5, 0.6) is 0 Å². The fraction of sp³-hybridized carbons (Fsp3) is 0.600. The molecule has 0 unspecified atom stereocenters. The molecule has 146 valence electrons. The van der Waals surface area contributed by atoms with E-state index in [1.807, 2.05) is 6.92 Å². The van der Waals surface area contributed by atoms with Crippen molar-refractivity contribution in [1.82, 2.24) is 14.5 Å². The zero-order valence-corrected chi connectivity index (χ0v) is 16.3. The van der Waals surface area contributed by atoms with Crippen molar-refractivity contribution < 1.29 is 14.3 Å². The number of likely N-dealkylation sites (tertiary alicyclic amines) is 1. The topological polar surface area (TPSA) is 81.5 Å². The third kappa shape index (κ3) is 3.82. The number of nitrogens with zero attached hydrogens (tertiary/aromatic N) is 3. The van der Waals surface area contributed by atoms with Crippen molar-refractivity contribution >= 4 is 11.9 Å². The summed E-state index contributed by atoms with van der Waals surface area (Å²) in [6, 6.07) is 1.79. The molecule has 27 heavy (non-hydrogen) atoms. The summed E-state index contributed by atoms with van der Waals surface area (Å²) in [6.45, 7) is 8.78. The number of hydrogen-bond acceptors (Lipinski definition) is 5. The van der Waals surface area contributed by atoms with E-state index in [2.05, 4.69) is 17.1 Å². The number of amides is 1. The molecule has 0 radical (unpaired) electrons. The van der Waals surface area contributed by atoms with Gasteiger partial charge in [-0.1, -0.05) is 19.1 Å². The van der Waals surface area contributed by atoms with Gasteiger partial charge < -0.3 is 9.64 Å². The summed E-state index contributed by atoms with van der Waals surface area (Å²) in [5.41, 5.74) is 0.954. The Labute approximate surface area is 159 Å². The van der Waals surface area contributed by atoms with Crippen LogP contribution >= 0.6 is 0 Å². The van der Waals surface area contributed by atoms with Gasteiger partial charge in [0.15, 0.2) is 0 Å². The summed E-state index contributed by atoms with van der Waals surface area (Å²) < 4.78 is 6.67. The van der Waals surface area contributed by atoms with E-state index in [-0.39, 0.29) is 42.1 Å². The van der Waals surface area contributed by atoms with E-state index in [4.69, 9.17) is 4.74 Å². The highest BCUT2D eigenvalue weighted by Crippen LogP contribution is 2.40. The summed E-state index contributed by atoms with van der Waals surface area (Å²) in [4.78, 5) is 43.1. The monoisotopic (exact) mass is 373 g/mol. The highest BCUT2D eigenvalue weighted by molar-refractivity contribution is 5.77. The number of hydrogen-bond donors (Lipinski definition) is 0. The highest BCUT2D eigenvalue weighted by Gasteiger charge is 2.45. The van der Waals surface area contributed by atoms with Crippen molar-refractivity contribution in [2.75, 3.05) is 19.7 Å². The molecule has 0 spiro atoms. The van der Waals surface area contributed by atoms with E-state index in [1.165, 1.54) is 4.57 Å². The molecule has 3 rings (SSSR count). The molecule has 0 bridgehead atoms. The fourth-order valence-electron chi connectivity index (χ4n) is 4.30. The molecule has 1 fully saturated rings. The van der Waals surface area contributed by atoms with Gasteiger partial charge in [-0.05, 0) is 44.6 Å². The number of aryl methyl sites for hydroxylation is 2. The van der Waals surface area contributed by atoms with Crippen molar-refractivity contribution in [3.05, 3.63) is 40.1 Å². The van der Waals surface area contributed by atoms with E-state index in [9.17, 15) is 14.4 Å². The van der Waals surface area contributed by atoms with Crippen LogP contribution in [-0.2, 0) is 20.9 Å². The number of fused-ring (bicyclic) bond motifs is 1. The molecule has 0 N–H and O–H groups in total. The normalized spacial score (nSPS) is 26.7. The van der Waals surface area contributed by atoms with Crippen LogP contribution in [0.25, 0.3) is 0 Å². The molecular weight excluding hydrogens is 346 g/mol. The first-order valence-corrected chi connectivity index (χ1v) is 9.49. The molecule has 1 aromatic rings. The number of allylic oxidation sites excluding steroid dienone is 1. The van der Waals surface area contributed by atoms with Gasteiger partial charge in [0.2, 0.25) is 5.91 Å². The predicted molar refractivity (Wildman–Crippen MR) is 100.0 cm³/mol. The molecule has 0 saturated carbocycles. The van der Waals surface area contributed by atoms with Gasteiger partial charge in [0.1, 0.15) is 6.54 Å². The molecule has 1 saturated heterocycles. The van der Waals surface area contributed by atoms with Gasteiger partial charge in [-0.25, -0.2) is 4.79 Å². The SMILES string of the molecule is CCOC(=O)[C@@H]1[C@H]2CN(C(=O)Cn3c(C)cc(C)nc3=O)C[C@@H]2C=C[C@@H]1C. The minimum Gasteiger partial charge on any atom is -0.466 e. The zero-order valence-electron chi connectivity index (χ0n) is 16.3. The molecule has 1 aliphatic heterocycles. The van der Waals surface area contributed by atoms with Crippen molar-refractivity contribution in [3.63, 3.8) is 0 Å². The van der Waals surface area contributed by atoms with E-state index < -0.39 is 5.69 Å². The Morgan fingerprint density at radius 1 is 1.26 bits per heavy atom. The predicted octanol–water partition coefficient (Wildman–Crippen LogP) is 1.32. The van der Waals surface area contributed by atoms with Crippen molar-refractivity contribution in [1.29, 1.82) is 0 Å². The second-order valence-electron chi connectivity index (χ2n) is 7.56. The van der Waals surface area contributed by atoms with Crippen LogP contribution in [-0.4, -0.2) is 46.0 Å². The Bertz CT molecular complexity index is 829. The maximum absolute atomic E-state index is 12.8. The molecule has 4 atom stereocenters. The van der Waals surface area contributed by atoms with E-state index in [0.29, 0.717) is 25.4 Å². The van der Waals surface area contributed by atoms with E-state index >= 15 is 0 Å². The van der Waals surface area contributed by atoms with Gasteiger partial charge in [0.05, 0.1) is 12.5 Å². The summed E-state index contributed by atoms with van der Waals surface area (Å²) in [6.07, 6.45) is 4.17. The lowest BCUT2D eigenvalue weighted by Crippen LogP contribution is -2.39. The standard InChI is InChI=1S/C20H27N3O4/c1-5-27-19(25)18-12(2)6-7-15-9-22(10-16(15)18)17(24)11-23-14(4)8-13(3)21-20(23)26/h6-8,12,15-16,18H,5,9-11H2,1-4H3/t12-,15-,16-,18-/m0/s1. The number of carbonyl (C=O) groups is 2. The van der Waals surface area contributed by atoms with Gasteiger partial charge in [0.25, 0.3) is 0 Å². The number of ether oxygens (including phenoxy) is 1. The molecule has 7 nitrogen and oxygen atoms in total. The van der Waals surface area contributed by atoms with Gasteiger partial charge in [-0.3, -0.25) is 14.2 Å². The molecular formula is C20H27N3O4. The van der Waals surface area contributed by atoms with Gasteiger partial charge in [0, 0.05) is 24.5 Å². The third-order valence-electron chi connectivity index (χ3n) is 5.65. The first-order chi connectivity index (χ1) is 12.8. The third-order valence-corrected chi connectivity index (χ3v) is 5.65. The lowest BCUT2D eigenvalue weighted by molar-refractivity contribution is -0.152. The molecule has 7 heteroatoms. The lowest BCUT2D eigenvalue weighted by atomic mass is 9.72. The van der Waals surface area contributed by atoms with Crippen LogP contribution in [0, 0.1) is 37.5 Å². The maximum atomic E-state index is 12.8. The Kier molecular flexibility index (Phi) is 5.48. The second-order valence-corrected chi connectivity index (χ2v) is 7.56. The average Bonchev–Trinajstić information content (AvgIpc) is 3.02. The zero-order chi connectivity index (χ0) is 19.7. The summed E-state index contributed by atoms with van der Waals surface area (Å²) in [5, 5.41) is 0. The number of carbonyl (C=O) groups excluding carboxylic acids is 2. The summed E-state index contributed by atoms with van der Waals surface area (Å²) in [5.74, 6) is -0.248. The summed E-state index contributed by atoms with van der Waals surface area (Å²) >= 11 is 0. The lowest BCUT2D eigenvalue weighted by Gasteiger charge is -2.31. The number of rotatable bonds is 4. The molecule has 1 amide bonds. The van der Waals surface area contributed by atoms with Crippen LogP contribution in [0.3, 0.4) is 0 Å². The van der Waals surface area contributed by atoms with E-state index in [1.54, 1.807) is 31.7 Å². The Balaban J connectivity index is 1.75. The van der Waals surface area contributed by atoms with Crippen LogP contribution in [0.4, 0.5) is 0 Å². The van der Waals surface area contributed by atoms with Crippen LogP contribution in [0.2, 0.25) is 0 Å². The van der Waals surface area contributed by atoms with Crippen LogP contribution < -0.4 is 5.69 Å². The van der Waals surface area contributed by atoms with Gasteiger partial charge in [-0.15, -0.1) is 0 Å². The second kappa shape index (κ2) is 7.66. The largest absolute Gasteiger partial charge is 0.466 e. The Morgan fingerprint density at radius 3 is 2.67 bits per heavy atom. The molecule has 2 aliphatic rings. The summed E-state index contributed by atoms with van der Waals surface area (Å²) in [7, 11) is 0. The first kappa shape index (κ1) is 19.3. The van der Waals surface area contributed by atoms with Crippen molar-refractivity contribution in [3.8, 4) is 0 Å². The van der Waals surface area contributed by atoms with Crippen LogP contribution in [0.1, 0.15) is 25.2 Å². The quantitative estimate of drug-likeness (QED) is 0.587. The van der Waals surface area contributed by atoms with Gasteiger partial charge >= 0.3 is 11.7 Å². The molecule has 0 aromatic carbocycles. The number of esters is 1. The number of aromatic nitrogens is 2. The maximum Gasteiger partial charge on any atom is 0.348 e. The van der Waals surface area contributed by atoms with E-state index in [0.717, 1.165) is 5.69 Å². The van der Waals surface area contributed by atoms with Crippen LogP contribution in [0.15, 0.2) is 23.0 Å². The minimum atomic E-state index is -0.407. The Hall–Kier alpha value is -2.44. The minimum absolute atomic E-state index is 0.0271. The molecule has 2 heterocycles. The Morgan fingerprint density at radius 2 is 2.00 bits per heavy atom. The van der Waals surface area contributed by atoms with Crippen molar-refractivity contribution in [2.24, 2.45) is 23.7 Å². The average molecular weight is 373 g/mol.